The number of rotatable bonds is 7. The smallest absolute Gasteiger partial charge is 0.250 e. The van der Waals surface area contributed by atoms with Gasteiger partial charge in [0, 0.05) is 44.9 Å². The molecular formula is C25H32FN5O2. The van der Waals surface area contributed by atoms with Crippen molar-refractivity contribution in [2.75, 3.05) is 25.0 Å². The average molecular weight is 454 g/mol. The number of allylic oxidation sites excluding steroid dienone is 1. The Morgan fingerprint density at radius 3 is 2.91 bits per heavy atom. The van der Waals surface area contributed by atoms with Gasteiger partial charge in [0.1, 0.15) is 5.76 Å². The van der Waals surface area contributed by atoms with Gasteiger partial charge in [-0.05, 0) is 48.8 Å². The van der Waals surface area contributed by atoms with E-state index >= 15 is 0 Å². The number of aryl methyl sites for hydroxylation is 1. The van der Waals surface area contributed by atoms with Crippen molar-refractivity contribution in [3.63, 3.8) is 0 Å². The monoisotopic (exact) mass is 453 g/mol. The lowest BCUT2D eigenvalue weighted by Crippen LogP contribution is -2.35. The van der Waals surface area contributed by atoms with Gasteiger partial charge in [-0.15, -0.1) is 0 Å². The quantitative estimate of drug-likeness (QED) is 0.595. The molecule has 1 saturated heterocycles. The molecule has 4 rings (SSSR count). The highest BCUT2D eigenvalue weighted by Crippen LogP contribution is 2.28. The van der Waals surface area contributed by atoms with Crippen LogP contribution in [0.5, 0.6) is 0 Å². The second-order valence-electron chi connectivity index (χ2n) is 8.88. The number of halogens is 1. The SMILES string of the molecule is C=C(/C=C1/CCO/C1=C/N)CN[C@H]1CC[C@H](CNc2c(F)cnc3ccc(=O)n(C)c23)CC1. The maximum absolute atomic E-state index is 14.5. The normalized spacial score (nSPS) is 23.2. The van der Waals surface area contributed by atoms with Gasteiger partial charge >= 0.3 is 0 Å². The number of hydrogen-bond donors (Lipinski definition) is 3. The predicted octanol–water partition coefficient (Wildman–Crippen LogP) is 3.34. The molecular weight excluding hydrogens is 421 g/mol. The zero-order valence-electron chi connectivity index (χ0n) is 19.1. The van der Waals surface area contributed by atoms with Crippen molar-refractivity contribution in [2.45, 2.75) is 38.1 Å². The lowest BCUT2D eigenvalue weighted by Gasteiger charge is -2.30. The molecule has 2 fully saturated rings. The third kappa shape index (κ3) is 5.27. The van der Waals surface area contributed by atoms with Gasteiger partial charge in [-0.2, -0.15) is 0 Å². The van der Waals surface area contributed by atoms with Crippen LogP contribution in [0.4, 0.5) is 10.1 Å². The fraction of sp³-hybridized carbons (Fsp3) is 0.440. The molecule has 1 saturated carbocycles. The third-order valence-electron chi connectivity index (χ3n) is 6.59. The molecule has 2 aromatic rings. The van der Waals surface area contributed by atoms with Crippen molar-refractivity contribution in [3.8, 4) is 0 Å². The highest BCUT2D eigenvalue weighted by atomic mass is 19.1. The molecule has 0 aromatic carbocycles. The molecule has 176 valence electrons. The van der Waals surface area contributed by atoms with Crippen molar-refractivity contribution in [2.24, 2.45) is 18.7 Å². The van der Waals surface area contributed by atoms with Crippen LogP contribution in [0.1, 0.15) is 32.1 Å². The van der Waals surface area contributed by atoms with Crippen molar-refractivity contribution < 1.29 is 9.13 Å². The van der Waals surface area contributed by atoms with E-state index in [1.165, 1.54) is 23.0 Å². The van der Waals surface area contributed by atoms with Crippen LogP contribution in [0, 0.1) is 11.7 Å². The van der Waals surface area contributed by atoms with Crippen LogP contribution in [0.3, 0.4) is 0 Å². The zero-order valence-corrected chi connectivity index (χ0v) is 19.1. The van der Waals surface area contributed by atoms with Gasteiger partial charge in [-0.25, -0.2) is 4.39 Å². The molecule has 0 atom stereocenters. The van der Waals surface area contributed by atoms with Crippen molar-refractivity contribution >= 4 is 16.7 Å². The number of nitrogens with two attached hydrogens (primary N) is 1. The van der Waals surface area contributed by atoms with Crippen LogP contribution in [-0.2, 0) is 11.8 Å². The van der Waals surface area contributed by atoms with E-state index in [9.17, 15) is 9.18 Å². The molecule has 0 bridgehead atoms. The standard InChI is InChI=1S/C25H32FN5O2/c1-16(11-18-9-10-33-22(18)12-27)13-28-19-5-3-17(4-6-19)14-30-24-20(26)15-29-21-7-8-23(32)31(2)25(21)24/h7-8,11-12,15,17,19,28H,1,3-6,9-10,13-14,27H2,2H3,(H,29,30)/b18-11-,22-12+/t17-,19-. The lowest BCUT2D eigenvalue weighted by atomic mass is 9.86. The van der Waals surface area contributed by atoms with Gasteiger partial charge < -0.3 is 25.7 Å². The van der Waals surface area contributed by atoms with Crippen molar-refractivity contribution in [1.29, 1.82) is 0 Å². The molecule has 0 amide bonds. The van der Waals surface area contributed by atoms with Gasteiger partial charge in [-0.1, -0.05) is 12.7 Å². The lowest BCUT2D eigenvalue weighted by molar-refractivity contribution is 0.265. The Labute approximate surface area is 193 Å². The van der Waals surface area contributed by atoms with E-state index in [2.05, 4.69) is 28.3 Å². The largest absolute Gasteiger partial charge is 0.491 e. The molecule has 4 N–H and O–H groups in total. The van der Waals surface area contributed by atoms with E-state index < -0.39 is 5.82 Å². The second-order valence-corrected chi connectivity index (χ2v) is 8.88. The predicted molar refractivity (Wildman–Crippen MR) is 129 cm³/mol. The summed E-state index contributed by atoms with van der Waals surface area (Å²) in [6.45, 7) is 6.23. The Bertz CT molecular complexity index is 1150. The first kappa shape index (κ1) is 23.0. The summed E-state index contributed by atoms with van der Waals surface area (Å²) < 4.78 is 21.5. The number of ether oxygens (including phenoxy) is 1. The number of nitrogens with zero attached hydrogens (tertiary/aromatic N) is 2. The van der Waals surface area contributed by atoms with E-state index in [0.717, 1.165) is 55.6 Å². The van der Waals surface area contributed by atoms with Gasteiger partial charge in [0.2, 0.25) is 0 Å². The molecule has 0 spiro atoms. The van der Waals surface area contributed by atoms with Gasteiger partial charge in [0.05, 0.1) is 29.5 Å². The number of pyridine rings is 2. The molecule has 33 heavy (non-hydrogen) atoms. The molecule has 1 aliphatic heterocycles. The molecule has 3 heterocycles. The van der Waals surface area contributed by atoms with Crippen LogP contribution in [0.15, 0.2) is 58.9 Å². The van der Waals surface area contributed by atoms with Gasteiger partial charge in [-0.3, -0.25) is 9.78 Å². The van der Waals surface area contributed by atoms with E-state index in [1.54, 1.807) is 13.1 Å². The maximum Gasteiger partial charge on any atom is 0.250 e. The molecule has 1 aliphatic carbocycles. The minimum absolute atomic E-state index is 0.183. The summed E-state index contributed by atoms with van der Waals surface area (Å²) in [4.78, 5) is 16.1. The van der Waals surface area contributed by atoms with Crippen LogP contribution in [-0.4, -0.2) is 35.3 Å². The summed E-state index contributed by atoms with van der Waals surface area (Å²) in [5.41, 5.74) is 8.99. The fourth-order valence-corrected chi connectivity index (χ4v) is 4.67. The summed E-state index contributed by atoms with van der Waals surface area (Å²) in [5.74, 6) is 0.763. The number of anilines is 1. The Morgan fingerprint density at radius 1 is 1.36 bits per heavy atom. The first-order chi connectivity index (χ1) is 16.0. The second kappa shape index (κ2) is 10.2. The highest BCUT2D eigenvalue weighted by Gasteiger charge is 2.22. The first-order valence-electron chi connectivity index (χ1n) is 11.5. The maximum atomic E-state index is 14.5. The number of nitrogens with one attached hydrogen (secondary N) is 2. The first-order valence-corrected chi connectivity index (χ1v) is 11.5. The van der Waals surface area contributed by atoms with Gasteiger partial charge in [0.15, 0.2) is 5.82 Å². The third-order valence-corrected chi connectivity index (χ3v) is 6.59. The Kier molecular flexibility index (Phi) is 7.13. The highest BCUT2D eigenvalue weighted by molar-refractivity contribution is 5.88. The minimum atomic E-state index is -0.438. The topological polar surface area (TPSA) is 94.2 Å². The average Bonchev–Trinajstić information content (AvgIpc) is 3.27. The molecule has 2 aromatic heterocycles. The molecule has 8 heteroatoms. The number of hydrogen-bond acceptors (Lipinski definition) is 6. The van der Waals surface area contributed by atoms with E-state index in [4.69, 9.17) is 10.5 Å². The molecule has 7 nitrogen and oxygen atoms in total. The summed E-state index contributed by atoms with van der Waals surface area (Å²) >= 11 is 0. The zero-order chi connectivity index (χ0) is 23.4. The molecule has 2 aliphatic rings. The molecule has 0 radical (unpaired) electrons. The summed E-state index contributed by atoms with van der Waals surface area (Å²) in [6.07, 6.45) is 9.87. The summed E-state index contributed by atoms with van der Waals surface area (Å²) in [6, 6.07) is 3.53. The van der Waals surface area contributed by atoms with E-state index in [-0.39, 0.29) is 5.56 Å². The van der Waals surface area contributed by atoms with Crippen molar-refractivity contribution in [3.05, 3.63) is 70.3 Å². The Morgan fingerprint density at radius 2 is 2.15 bits per heavy atom. The van der Waals surface area contributed by atoms with E-state index in [1.807, 2.05) is 0 Å². The van der Waals surface area contributed by atoms with Crippen LogP contribution >= 0.6 is 0 Å². The Balaban J connectivity index is 1.28. The van der Waals surface area contributed by atoms with Crippen LogP contribution < -0.4 is 21.9 Å². The van der Waals surface area contributed by atoms with Crippen LogP contribution in [0.2, 0.25) is 0 Å². The Hall–Kier alpha value is -3.13. The number of aromatic nitrogens is 2. The summed E-state index contributed by atoms with van der Waals surface area (Å²) in [5, 5.41) is 6.87. The van der Waals surface area contributed by atoms with Crippen LogP contribution in [0.25, 0.3) is 11.0 Å². The minimum Gasteiger partial charge on any atom is -0.491 e. The summed E-state index contributed by atoms with van der Waals surface area (Å²) in [7, 11) is 1.64. The van der Waals surface area contributed by atoms with E-state index in [0.29, 0.717) is 41.8 Å². The molecule has 0 unspecified atom stereocenters. The number of fused-ring (bicyclic) bond motifs is 1. The van der Waals surface area contributed by atoms with Crippen molar-refractivity contribution in [1.82, 2.24) is 14.9 Å². The fourth-order valence-electron chi connectivity index (χ4n) is 4.67. The van der Waals surface area contributed by atoms with Gasteiger partial charge in [0.25, 0.3) is 5.56 Å².